The van der Waals surface area contributed by atoms with Gasteiger partial charge in [0.2, 0.25) is 11.5 Å². The van der Waals surface area contributed by atoms with E-state index in [4.69, 9.17) is 0 Å². The number of hydrogen-bond acceptors (Lipinski definition) is 2. The number of rotatable bonds is 1. The molecule has 0 rings (SSSR count). The lowest BCUT2D eigenvalue weighted by atomic mass is 9.96. The van der Waals surface area contributed by atoms with Gasteiger partial charge in [0.15, 0.2) is 0 Å². The molecule has 0 bridgehead atoms. The fourth-order valence-corrected chi connectivity index (χ4v) is 0.442. The highest BCUT2D eigenvalue weighted by molar-refractivity contribution is 7.80. The number of nitrogens with one attached hydrogen (secondary N) is 1. The van der Waals surface area contributed by atoms with E-state index in [0.717, 1.165) is 0 Å². The van der Waals surface area contributed by atoms with Gasteiger partial charge in [-0.15, -0.1) is 12.6 Å². The number of hydrogen-bond donors (Lipinski definition) is 2. The monoisotopic (exact) mass is 165 g/mol. The van der Waals surface area contributed by atoms with Crippen molar-refractivity contribution in [3.8, 4) is 0 Å². The number of alkyl halides is 1. The van der Waals surface area contributed by atoms with Gasteiger partial charge in [-0.05, 0) is 0 Å². The maximum atomic E-state index is 12.0. The average molecular weight is 165 g/mol. The van der Waals surface area contributed by atoms with Gasteiger partial charge in [0.05, 0.1) is 0 Å². The zero-order valence-electron chi connectivity index (χ0n) is 6.31. The second-order valence-corrected chi connectivity index (χ2v) is 3.51. The summed E-state index contributed by atoms with van der Waals surface area (Å²) in [6.07, 6.45) is 0. The normalized spacial score (nSPS) is 14.5. The molecule has 0 saturated heterocycles. The molecule has 10 heavy (non-hydrogen) atoms. The summed E-state index contributed by atoms with van der Waals surface area (Å²) in [5.74, 6) is -0.338. The Morgan fingerprint density at radius 1 is 1.60 bits per heavy atom. The van der Waals surface area contributed by atoms with E-state index in [1.54, 1.807) is 20.8 Å². The fraction of sp³-hybridized carbons (Fsp3) is 0.833. The van der Waals surface area contributed by atoms with E-state index in [0.29, 0.717) is 0 Å². The zero-order chi connectivity index (χ0) is 8.36. The molecule has 0 saturated carbocycles. The highest BCUT2D eigenvalue weighted by Crippen LogP contribution is 2.13. The minimum Gasteiger partial charge on any atom is -0.318 e. The molecular weight excluding hydrogens is 153 g/mol. The van der Waals surface area contributed by atoms with Gasteiger partial charge in [-0.2, -0.15) is 0 Å². The van der Waals surface area contributed by atoms with Crippen molar-refractivity contribution >= 4 is 18.5 Å². The van der Waals surface area contributed by atoms with E-state index in [-0.39, 0.29) is 5.91 Å². The molecule has 60 valence electrons. The second kappa shape index (κ2) is 3.23. The van der Waals surface area contributed by atoms with Gasteiger partial charge in [0, 0.05) is 5.41 Å². The maximum Gasteiger partial charge on any atom is 0.228 e. The van der Waals surface area contributed by atoms with E-state index in [1.807, 2.05) is 5.32 Å². The molecule has 1 unspecified atom stereocenters. The smallest absolute Gasteiger partial charge is 0.228 e. The summed E-state index contributed by atoms with van der Waals surface area (Å²) in [5.41, 5.74) is -2.11. The molecule has 0 fully saturated rings. The summed E-state index contributed by atoms with van der Waals surface area (Å²) in [6, 6.07) is 0. The number of amides is 1. The Kier molecular flexibility index (Phi) is 3.15. The first-order valence-electron chi connectivity index (χ1n) is 2.97. The standard InChI is InChI=1S/C6H12FNOS/c1-6(2,3)4(9)8-5(7)10/h5,10H,1-3H3,(H,8,9). The summed E-state index contributed by atoms with van der Waals surface area (Å²) in [4.78, 5) is 10.9. The molecule has 1 N–H and O–H groups in total. The largest absolute Gasteiger partial charge is 0.318 e. The van der Waals surface area contributed by atoms with E-state index >= 15 is 0 Å². The predicted molar refractivity (Wildman–Crippen MR) is 41.5 cm³/mol. The Balaban J connectivity index is 3.87. The summed E-state index contributed by atoms with van der Waals surface area (Å²) in [7, 11) is 0. The first-order chi connectivity index (χ1) is 4.34. The molecule has 2 nitrogen and oxygen atoms in total. The molecule has 0 radical (unpaired) electrons. The Morgan fingerprint density at radius 3 is 2.10 bits per heavy atom. The van der Waals surface area contributed by atoms with Crippen molar-refractivity contribution in [2.45, 2.75) is 26.4 Å². The molecule has 0 aromatic heterocycles. The first kappa shape index (κ1) is 9.75. The lowest BCUT2D eigenvalue weighted by Gasteiger charge is -2.17. The Bertz CT molecular complexity index is 130. The van der Waals surface area contributed by atoms with Crippen LogP contribution in [0.2, 0.25) is 0 Å². The summed E-state index contributed by atoms with van der Waals surface area (Å²) in [6.45, 7) is 5.12. The van der Waals surface area contributed by atoms with Gasteiger partial charge in [0.1, 0.15) is 0 Å². The van der Waals surface area contributed by atoms with Gasteiger partial charge in [-0.3, -0.25) is 4.79 Å². The van der Waals surface area contributed by atoms with Crippen LogP contribution in [-0.2, 0) is 4.79 Å². The minimum absolute atomic E-state index is 0.338. The van der Waals surface area contributed by atoms with Gasteiger partial charge in [-0.25, -0.2) is 4.39 Å². The number of carbonyl (C=O) groups excluding carboxylic acids is 1. The van der Waals surface area contributed by atoms with Crippen molar-refractivity contribution in [3.05, 3.63) is 0 Å². The Labute approximate surface area is 65.6 Å². The van der Waals surface area contributed by atoms with Crippen LogP contribution in [0.1, 0.15) is 20.8 Å². The van der Waals surface area contributed by atoms with Crippen molar-refractivity contribution in [2.24, 2.45) is 5.41 Å². The molecule has 0 aliphatic rings. The van der Waals surface area contributed by atoms with E-state index in [2.05, 4.69) is 12.6 Å². The molecular formula is C6H12FNOS. The number of halogens is 1. The summed E-state index contributed by atoms with van der Waals surface area (Å²) in [5, 5.41) is 2.04. The quantitative estimate of drug-likeness (QED) is 0.342. The third kappa shape index (κ3) is 3.71. The highest BCUT2D eigenvalue weighted by Gasteiger charge is 2.22. The lowest BCUT2D eigenvalue weighted by Crippen LogP contribution is -2.37. The molecule has 0 aromatic rings. The first-order valence-corrected chi connectivity index (χ1v) is 3.49. The maximum absolute atomic E-state index is 12.0. The van der Waals surface area contributed by atoms with Crippen LogP contribution in [0.15, 0.2) is 0 Å². The molecule has 1 atom stereocenters. The molecule has 0 aromatic carbocycles. The van der Waals surface area contributed by atoms with Crippen LogP contribution in [0.4, 0.5) is 4.39 Å². The van der Waals surface area contributed by atoms with E-state index in [9.17, 15) is 9.18 Å². The van der Waals surface area contributed by atoms with E-state index < -0.39 is 11.0 Å². The van der Waals surface area contributed by atoms with Crippen molar-refractivity contribution in [1.82, 2.24) is 5.32 Å². The Morgan fingerprint density at radius 2 is 2.00 bits per heavy atom. The molecule has 4 heteroatoms. The van der Waals surface area contributed by atoms with Crippen LogP contribution in [0, 0.1) is 5.41 Å². The van der Waals surface area contributed by atoms with Gasteiger partial charge in [0.25, 0.3) is 0 Å². The molecule has 0 aliphatic heterocycles. The van der Waals surface area contributed by atoms with Gasteiger partial charge >= 0.3 is 0 Å². The SMILES string of the molecule is CC(C)(C)C(=O)NC(F)S. The fourth-order valence-electron chi connectivity index (χ4n) is 0.325. The molecule has 0 heterocycles. The Hall–Kier alpha value is -0.250. The minimum atomic E-state index is -1.56. The van der Waals surface area contributed by atoms with Crippen LogP contribution in [0.25, 0.3) is 0 Å². The van der Waals surface area contributed by atoms with Crippen molar-refractivity contribution < 1.29 is 9.18 Å². The topological polar surface area (TPSA) is 29.1 Å². The molecule has 0 spiro atoms. The van der Waals surface area contributed by atoms with Crippen LogP contribution in [0.3, 0.4) is 0 Å². The van der Waals surface area contributed by atoms with Crippen LogP contribution >= 0.6 is 12.6 Å². The van der Waals surface area contributed by atoms with Crippen molar-refractivity contribution in [3.63, 3.8) is 0 Å². The number of carbonyl (C=O) groups is 1. The van der Waals surface area contributed by atoms with Gasteiger partial charge < -0.3 is 5.32 Å². The average Bonchev–Trinajstić information content (AvgIpc) is 1.60. The molecule has 0 aliphatic carbocycles. The van der Waals surface area contributed by atoms with Crippen LogP contribution in [0.5, 0.6) is 0 Å². The lowest BCUT2D eigenvalue weighted by molar-refractivity contribution is -0.129. The van der Waals surface area contributed by atoms with Crippen LogP contribution in [-0.4, -0.2) is 11.5 Å². The summed E-state index contributed by atoms with van der Waals surface area (Å²) < 4.78 is 12.0. The predicted octanol–water partition coefficient (Wildman–Crippen LogP) is 1.33. The third-order valence-corrected chi connectivity index (χ3v) is 1.06. The van der Waals surface area contributed by atoms with E-state index in [1.165, 1.54) is 0 Å². The highest BCUT2D eigenvalue weighted by atomic mass is 32.1. The van der Waals surface area contributed by atoms with Crippen LogP contribution < -0.4 is 5.32 Å². The molecule has 1 amide bonds. The van der Waals surface area contributed by atoms with Crippen molar-refractivity contribution in [2.75, 3.05) is 0 Å². The summed E-state index contributed by atoms with van der Waals surface area (Å²) >= 11 is 3.37. The number of thiol groups is 1. The zero-order valence-corrected chi connectivity index (χ0v) is 7.21. The van der Waals surface area contributed by atoms with Gasteiger partial charge in [-0.1, -0.05) is 20.8 Å². The second-order valence-electron chi connectivity index (χ2n) is 3.06. The third-order valence-electron chi connectivity index (χ3n) is 0.931. The van der Waals surface area contributed by atoms with Crippen molar-refractivity contribution in [1.29, 1.82) is 0 Å².